The number of benzene rings is 8. The van der Waals surface area contributed by atoms with Crippen LogP contribution in [0.5, 0.6) is 0 Å². The number of rotatable bonds is 3. The van der Waals surface area contributed by atoms with Crippen molar-refractivity contribution in [1.82, 2.24) is 4.57 Å². The highest BCUT2D eigenvalue weighted by molar-refractivity contribution is 6.18. The third-order valence-electron chi connectivity index (χ3n) is 15.0. The Morgan fingerprint density at radius 2 is 1.06 bits per heavy atom. The number of nitrogens with zero attached hydrogens (tertiary/aromatic N) is 2. The van der Waals surface area contributed by atoms with Crippen LogP contribution in [0.4, 0.5) is 11.4 Å². The van der Waals surface area contributed by atoms with E-state index in [-0.39, 0.29) is 16.9 Å². The van der Waals surface area contributed by atoms with Gasteiger partial charge in [0.2, 0.25) is 0 Å². The summed E-state index contributed by atoms with van der Waals surface area (Å²) in [5, 5.41) is 7.82. The molecule has 2 aliphatic carbocycles. The average Bonchev–Trinajstić information content (AvgIpc) is 3.57. The summed E-state index contributed by atoms with van der Waals surface area (Å²) in [7, 11) is 0. The van der Waals surface area contributed by atoms with Crippen molar-refractivity contribution in [3.05, 3.63) is 198 Å². The summed E-state index contributed by atoms with van der Waals surface area (Å²) >= 11 is 0. The van der Waals surface area contributed by atoms with Gasteiger partial charge >= 0.3 is 0 Å². The molecule has 0 amide bonds. The number of anilines is 2. The maximum Gasteiger partial charge on any atom is 0.0594 e. The van der Waals surface area contributed by atoms with E-state index in [1.807, 2.05) is 0 Å². The van der Waals surface area contributed by atoms with Crippen molar-refractivity contribution < 1.29 is 0 Å². The van der Waals surface area contributed by atoms with Crippen LogP contribution in [-0.4, -0.2) is 10.6 Å². The summed E-state index contributed by atoms with van der Waals surface area (Å²) in [6.45, 7) is 13.7. The van der Waals surface area contributed by atoms with Crippen LogP contribution in [0.2, 0.25) is 0 Å². The minimum absolute atomic E-state index is 0.121. The monoisotopic (exact) mass is 798 g/mol. The fourth-order valence-electron chi connectivity index (χ4n) is 11.8. The molecule has 0 bridgehead atoms. The lowest BCUT2D eigenvalue weighted by atomic mass is 9.54. The van der Waals surface area contributed by atoms with Crippen molar-refractivity contribution in [1.29, 1.82) is 0 Å². The summed E-state index contributed by atoms with van der Waals surface area (Å²) < 4.78 is 2.66. The normalized spacial score (nSPS) is 19.6. The predicted octanol–water partition coefficient (Wildman–Crippen LogP) is 15.8. The Hall–Kier alpha value is -6.64. The van der Waals surface area contributed by atoms with Crippen LogP contribution in [0.3, 0.4) is 0 Å². The molecular weight excluding hydrogens is 749 g/mol. The fraction of sp³-hybridized carbons (Fsp3) is 0.200. The molecule has 0 saturated carbocycles. The first-order chi connectivity index (χ1) is 30.0. The van der Waals surface area contributed by atoms with Gasteiger partial charge in [-0.1, -0.05) is 157 Å². The van der Waals surface area contributed by atoms with Gasteiger partial charge in [-0.25, -0.2) is 0 Å². The molecule has 0 fully saturated rings. The minimum atomic E-state index is 0.121. The molecule has 62 heavy (non-hydrogen) atoms. The number of hydrogen-bond donors (Lipinski definition) is 0. The summed E-state index contributed by atoms with van der Waals surface area (Å²) in [6, 6.07) is 56.5. The van der Waals surface area contributed by atoms with Gasteiger partial charge in [0.15, 0.2) is 0 Å². The average molecular weight is 799 g/mol. The van der Waals surface area contributed by atoms with E-state index < -0.39 is 0 Å². The van der Waals surface area contributed by atoms with Crippen LogP contribution in [0, 0.1) is 5.92 Å². The highest BCUT2D eigenvalue weighted by Gasteiger charge is 2.55. The van der Waals surface area contributed by atoms with E-state index >= 15 is 0 Å². The van der Waals surface area contributed by atoms with Crippen LogP contribution in [-0.2, 0) is 10.8 Å². The van der Waals surface area contributed by atoms with Gasteiger partial charge in [-0.15, -0.1) is 0 Å². The number of aromatic nitrogens is 1. The van der Waals surface area contributed by atoms with Gasteiger partial charge < -0.3 is 9.47 Å². The van der Waals surface area contributed by atoms with Crippen LogP contribution < -0.4 is 4.90 Å². The highest BCUT2D eigenvalue weighted by atomic mass is 15.2. The van der Waals surface area contributed by atoms with Gasteiger partial charge in [-0.05, 0) is 137 Å². The molecule has 1 aromatic heterocycles. The zero-order valence-electron chi connectivity index (χ0n) is 36.4. The molecule has 300 valence electrons. The lowest BCUT2D eigenvalue weighted by molar-refractivity contribution is 0.361. The summed E-state index contributed by atoms with van der Waals surface area (Å²) in [6.07, 6.45) is 9.52. The molecule has 2 heteroatoms. The largest absolute Gasteiger partial charge is 0.334 e. The summed E-state index contributed by atoms with van der Waals surface area (Å²) in [5.41, 5.74) is 19.2. The van der Waals surface area contributed by atoms with Crippen molar-refractivity contribution in [2.24, 2.45) is 5.92 Å². The van der Waals surface area contributed by atoms with Gasteiger partial charge in [-0.3, -0.25) is 0 Å². The summed E-state index contributed by atoms with van der Waals surface area (Å²) in [4.78, 5) is 2.65. The van der Waals surface area contributed by atoms with Crippen LogP contribution in [0.15, 0.2) is 170 Å². The van der Waals surface area contributed by atoms with Crippen molar-refractivity contribution in [2.45, 2.75) is 70.3 Å². The number of allylic oxidation sites excluding steroid dienone is 2. The summed E-state index contributed by atoms with van der Waals surface area (Å²) in [5.74, 6) is 1.11. The Labute approximate surface area is 364 Å². The van der Waals surface area contributed by atoms with Crippen LogP contribution in [0.1, 0.15) is 81.2 Å². The first-order valence-electron chi connectivity index (χ1n) is 22.6. The second kappa shape index (κ2) is 12.5. The van der Waals surface area contributed by atoms with Crippen LogP contribution >= 0.6 is 0 Å². The van der Waals surface area contributed by atoms with Crippen molar-refractivity contribution in [2.75, 3.05) is 4.90 Å². The molecular formula is C60H50N2. The standard InChI is InChI=1S/C60H50N2/c1-59(2,3)43-24-20-35(21-25-43)37-16-18-39-30-47-48-34-53-56-54(46-14-10-11-15-50(46)61(53)45-12-8-7-9-13-45)55-49-31-40-19-17-38(36-22-26-44(27-23-36)60(4,5)6)29-42(40)33-52(49)62(58(48)57(55)56)51(47)32-41(39)28-37/h7-34,46,50,54-55H,1-6H3/t46?,50?,54?,55-/m1/s1. The smallest absolute Gasteiger partial charge is 0.0594 e. The SMILES string of the molecule is CC(C)(C)c1ccc(-c2ccc3cc4c(cc3c2)-n2c3cc5cc(-c6ccc(C(C)(C)C)cc6)ccc5cc3c3cc5c6c(c32)[C@H]4C6C2C=CC=CC2N5c2ccccc2)cc1. The van der Waals surface area contributed by atoms with Crippen molar-refractivity contribution in [3.8, 4) is 27.9 Å². The van der Waals surface area contributed by atoms with Crippen molar-refractivity contribution in [3.63, 3.8) is 0 Å². The molecule has 4 atom stereocenters. The van der Waals surface area contributed by atoms with Crippen molar-refractivity contribution >= 4 is 54.7 Å². The van der Waals surface area contributed by atoms with E-state index in [1.54, 1.807) is 5.56 Å². The maximum absolute atomic E-state index is 2.66. The zero-order valence-corrected chi connectivity index (χ0v) is 36.4. The highest BCUT2D eigenvalue weighted by Crippen LogP contribution is 2.68. The Morgan fingerprint density at radius 3 is 1.71 bits per heavy atom. The fourth-order valence-corrected chi connectivity index (χ4v) is 11.8. The van der Waals surface area contributed by atoms with Gasteiger partial charge in [0.25, 0.3) is 0 Å². The lowest BCUT2D eigenvalue weighted by Gasteiger charge is -2.56. The van der Waals surface area contributed by atoms with Gasteiger partial charge in [0.1, 0.15) is 0 Å². The quantitative estimate of drug-likeness (QED) is 0.173. The molecule has 2 nitrogen and oxygen atoms in total. The molecule has 13 rings (SSSR count). The molecule has 0 N–H and O–H groups in total. The zero-order chi connectivity index (χ0) is 41.8. The number of hydrogen-bond acceptors (Lipinski definition) is 1. The predicted molar refractivity (Wildman–Crippen MR) is 263 cm³/mol. The second-order valence-corrected chi connectivity index (χ2v) is 20.6. The molecule has 8 aromatic carbocycles. The Morgan fingerprint density at radius 1 is 0.468 bits per heavy atom. The first-order valence-corrected chi connectivity index (χ1v) is 22.6. The Bertz CT molecular complexity index is 3420. The minimum Gasteiger partial charge on any atom is -0.334 e. The van der Waals surface area contributed by atoms with Gasteiger partial charge in [0, 0.05) is 39.9 Å². The van der Waals surface area contributed by atoms with Gasteiger partial charge in [0.05, 0.1) is 22.8 Å². The van der Waals surface area contributed by atoms with E-state index in [1.165, 1.54) is 105 Å². The molecule has 2 aliphatic heterocycles. The van der Waals surface area contributed by atoms with E-state index in [0.717, 1.165) is 0 Å². The molecule has 0 radical (unpaired) electrons. The third kappa shape index (κ3) is 5.04. The first kappa shape index (κ1) is 36.1. The molecule has 0 saturated heterocycles. The van der Waals surface area contributed by atoms with Gasteiger partial charge in [-0.2, -0.15) is 0 Å². The number of fused-ring (bicyclic) bond motifs is 11. The van der Waals surface area contributed by atoms with E-state index in [4.69, 9.17) is 0 Å². The third-order valence-corrected chi connectivity index (χ3v) is 15.0. The Balaban J connectivity index is 1.07. The lowest BCUT2D eigenvalue weighted by Crippen LogP contribution is -2.49. The molecule has 3 heterocycles. The topological polar surface area (TPSA) is 8.17 Å². The van der Waals surface area contributed by atoms with Crippen LogP contribution in [0.25, 0.3) is 71.3 Å². The van der Waals surface area contributed by atoms with E-state index in [2.05, 4.69) is 221 Å². The molecule has 0 spiro atoms. The van der Waals surface area contributed by atoms with E-state index in [0.29, 0.717) is 17.8 Å². The second-order valence-electron chi connectivity index (χ2n) is 20.6. The number of para-hydroxylation sites is 1. The molecule has 3 unspecified atom stereocenters. The Kier molecular flexibility index (Phi) is 7.26. The molecule has 9 aromatic rings. The maximum atomic E-state index is 2.66. The van der Waals surface area contributed by atoms with E-state index in [9.17, 15) is 0 Å². The molecule has 4 aliphatic rings.